The van der Waals surface area contributed by atoms with Crippen LogP contribution in [0.1, 0.15) is 42.3 Å². The number of aliphatic hydroxyl groups is 1. The monoisotopic (exact) mass is 312 g/mol. The Morgan fingerprint density at radius 2 is 2.09 bits per heavy atom. The van der Waals surface area contributed by atoms with Crippen molar-refractivity contribution in [3.05, 3.63) is 46.6 Å². The molecule has 1 aromatic carbocycles. The highest BCUT2D eigenvalue weighted by molar-refractivity contribution is 5.48. The molecule has 1 aromatic heterocycles. The van der Waals surface area contributed by atoms with Crippen LogP contribution in [0.3, 0.4) is 0 Å². The van der Waals surface area contributed by atoms with Gasteiger partial charge in [-0.05, 0) is 43.9 Å². The van der Waals surface area contributed by atoms with E-state index in [1.807, 2.05) is 32.9 Å². The Hall–Kier alpha value is -2.14. The molecule has 0 saturated carbocycles. The maximum atomic E-state index is 9.73. The summed E-state index contributed by atoms with van der Waals surface area (Å²) in [5.41, 5.74) is 4.60. The zero-order valence-electron chi connectivity index (χ0n) is 14.0. The molecule has 3 rings (SSSR count). The van der Waals surface area contributed by atoms with Crippen LogP contribution in [-0.2, 0) is 13.0 Å². The summed E-state index contributed by atoms with van der Waals surface area (Å²) in [5, 5.41) is 12.9. The van der Waals surface area contributed by atoms with Gasteiger partial charge >= 0.3 is 0 Å². The van der Waals surface area contributed by atoms with Crippen molar-refractivity contribution in [2.75, 3.05) is 23.3 Å². The molecule has 1 aliphatic rings. The molecule has 0 spiro atoms. The lowest BCUT2D eigenvalue weighted by molar-refractivity contribution is 0.199. The van der Waals surface area contributed by atoms with Crippen LogP contribution in [0.4, 0.5) is 11.8 Å². The number of rotatable bonds is 4. The number of hydrogen-bond donors (Lipinski definition) is 2. The van der Waals surface area contributed by atoms with Crippen molar-refractivity contribution in [3.63, 3.8) is 0 Å². The smallest absolute Gasteiger partial charge is 0.224 e. The van der Waals surface area contributed by atoms with Gasteiger partial charge in [0.2, 0.25) is 5.95 Å². The van der Waals surface area contributed by atoms with Crippen LogP contribution in [0.2, 0.25) is 0 Å². The molecule has 0 bridgehead atoms. The molecule has 0 radical (unpaired) electrons. The largest absolute Gasteiger partial charge is 0.389 e. The second kappa shape index (κ2) is 6.54. The summed E-state index contributed by atoms with van der Waals surface area (Å²) in [7, 11) is 0. The average molecular weight is 312 g/mol. The van der Waals surface area contributed by atoms with E-state index in [0.29, 0.717) is 5.95 Å². The van der Waals surface area contributed by atoms with Gasteiger partial charge in [0.1, 0.15) is 5.82 Å². The molecule has 1 atom stereocenters. The Balaban J connectivity index is 1.84. The molecule has 0 aliphatic carbocycles. The molecule has 5 nitrogen and oxygen atoms in total. The molecular weight excluding hydrogens is 288 g/mol. The van der Waals surface area contributed by atoms with E-state index in [9.17, 15) is 5.11 Å². The number of fused-ring (bicyclic) bond motifs is 1. The zero-order chi connectivity index (χ0) is 16.4. The maximum Gasteiger partial charge on any atom is 0.224 e. The van der Waals surface area contributed by atoms with E-state index in [4.69, 9.17) is 0 Å². The van der Waals surface area contributed by atoms with Gasteiger partial charge < -0.3 is 15.3 Å². The lowest BCUT2D eigenvalue weighted by Gasteiger charge is -2.30. The Morgan fingerprint density at radius 1 is 1.26 bits per heavy atom. The lowest BCUT2D eigenvalue weighted by atomic mass is 9.96. The number of aliphatic hydroxyl groups excluding tert-OH is 1. The molecule has 2 N–H and O–H groups in total. The summed E-state index contributed by atoms with van der Waals surface area (Å²) < 4.78 is 0. The maximum absolute atomic E-state index is 9.73. The van der Waals surface area contributed by atoms with Crippen LogP contribution in [0, 0.1) is 6.92 Å². The molecule has 122 valence electrons. The molecule has 1 aliphatic heterocycles. The molecule has 5 heteroatoms. The molecule has 2 heterocycles. The van der Waals surface area contributed by atoms with E-state index in [-0.39, 0.29) is 0 Å². The summed E-state index contributed by atoms with van der Waals surface area (Å²) in [6.45, 7) is 8.44. The fraction of sp³-hybridized carbons (Fsp3) is 0.444. The number of nitrogens with zero attached hydrogens (tertiary/aromatic N) is 3. The van der Waals surface area contributed by atoms with Gasteiger partial charge in [0.05, 0.1) is 6.10 Å². The minimum absolute atomic E-state index is 0.412. The molecular formula is C18H24N4O. The molecule has 0 amide bonds. The molecule has 0 fully saturated rings. The first-order valence-electron chi connectivity index (χ1n) is 8.21. The van der Waals surface area contributed by atoms with Gasteiger partial charge in [-0.25, -0.2) is 4.98 Å². The van der Waals surface area contributed by atoms with Crippen molar-refractivity contribution in [1.82, 2.24) is 9.97 Å². The number of aromatic nitrogens is 2. The van der Waals surface area contributed by atoms with E-state index in [0.717, 1.165) is 43.1 Å². The normalized spacial score (nSPS) is 15.2. The Labute approximate surface area is 137 Å². The van der Waals surface area contributed by atoms with Crippen LogP contribution < -0.4 is 10.2 Å². The first kappa shape index (κ1) is 15.7. The third-order valence-electron chi connectivity index (χ3n) is 4.22. The van der Waals surface area contributed by atoms with Crippen molar-refractivity contribution >= 4 is 11.8 Å². The summed E-state index contributed by atoms with van der Waals surface area (Å²) in [4.78, 5) is 11.3. The van der Waals surface area contributed by atoms with E-state index < -0.39 is 6.10 Å². The number of benzene rings is 1. The molecule has 0 unspecified atom stereocenters. The standard InChI is InChI=1S/C18H24N4O/c1-4-19-18-20-12(2)9-17(21-18)22-8-7-15-10-14(13(3)23)5-6-16(15)11-22/h5-6,9-10,13,23H,4,7-8,11H2,1-3H3,(H,19,20,21)/t13-/m1/s1. The van der Waals surface area contributed by atoms with Gasteiger partial charge in [-0.15, -0.1) is 0 Å². The van der Waals surface area contributed by atoms with Gasteiger partial charge in [-0.3, -0.25) is 0 Å². The minimum Gasteiger partial charge on any atom is -0.389 e. The zero-order valence-corrected chi connectivity index (χ0v) is 14.0. The van der Waals surface area contributed by atoms with Crippen molar-refractivity contribution < 1.29 is 5.11 Å². The van der Waals surface area contributed by atoms with E-state index in [1.165, 1.54) is 11.1 Å². The number of aryl methyl sites for hydroxylation is 1. The third-order valence-corrected chi connectivity index (χ3v) is 4.22. The van der Waals surface area contributed by atoms with E-state index >= 15 is 0 Å². The first-order chi connectivity index (χ1) is 11.1. The number of hydrogen-bond acceptors (Lipinski definition) is 5. The lowest BCUT2D eigenvalue weighted by Crippen LogP contribution is -2.31. The summed E-state index contributed by atoms with van der Waals surface area (Å²) in [5.74, 6) is 1.66. The second-order valence-electron chi connectivity index (χ2n) is 6.10. The SMILES string of the molecule is CCNc1nc(C)cc(N2CCc3cc([C@@H](C)O)ccc3C2)n1. The highest BCUT2D eigenvalue weighted by atomic mass is 16.3. The Kier molecular flexibility index (Phi) is 4.48. The van der Waals surface area contributed by atoms with Gasteiger partial charge in [0, 0.05) is 31.4 Å². The van der Waals surface area contributed by atoms with Crippen molar-refractivity contribution in [3.8, 4) is 0 Å². The van der Waals surface area contributed by atoms with Crippen LogP contribution in [0.15, 0.2) is 24.3 Å². The van der Waals surface area contributed by atoms with Gasteiger partial charge in [-0.1, -0.05) is 18.2 Å². The van der Waals surface area contributed by atoms with Crippen LogP contribution in [0.25, 0.3) is 0 Å². The third kappa shape index (κ3) is 3.45. The van der Waals surface area contributed by atoms with Crippen LogP contribution >= 0.6 is 0 Å². The fourth-order valence-electron chi connectivity index (χ4n) is 2.98. The fourth-order valence-corrected chi connectivity index (χ4v) is 2.98. The minimum atomic E-state index is -0.412. The van der Waals surface area contributed by atoms with Gasteiger partial charge in [-0.2, -0.15) is 4.98 Å². The van der Waals surface area contributed by atoms with Crippen LogP contribution in [0.5, 0.6) is 0 Å². The van der Waals surface area contributed by atoms with Crippen molar-refractivity contribution in [2.24, 2.45) is 0 Å². The predicted octanol–water partition coefficient (Wildman–Crippen LogP) is 2.83. The number of anilines is 2. The Bertz CT molecular complexity index is 699. The summed E-state index contributed by atoms with van der Waals surface area (Å²) in [6, 6.07) is 8.31. The van der Waals surface area contributed by atoms with Gasteiger partial charge in [0.15, 0.2) is 0 Å². The molecule has 2 aromatic rings. The summed E-state index contributed by atoms with van der Waals surface area (Å²) >= 11 is 0. The average Bonchev–Trinajstić information content (AvgIpc) is 2.53. The van der Waals surface area contributed by atoms with Crippen molar-refractivity contribution in [2.45, 2.75) is 39.8 Å². The van der Waals surface area contributed by atoms with Crippen molar-refractivity contribution in [1.29, 1.82) is 0 Å². The highest BCUT2D eigenvalue weighted by Crippen LogP contribution is 2.26. The predicted molar refractivity (Wildman–Crippen MR) is 92.8 cm³/mol. The number of nitrogens with one attached hydrogen (secondary N) is 1. The topological polar surface area (TPSA) is 61.3 Å². The van der Waals surface area contributed by atoms with E-state index in [2.05, 4.69) is 32.3 Å². The molecule has 23 heavy (non-hydrogen) atoms. The van der Waals surface area contributed by atoms with E-state index in [1.54, 1.807) is 0 Å². The Morgan fingerprint density at radius 3 is 2.83 bits per heavy atom. The van der Waals surface area contributed by atoms with Crippen LogP contribution in [-0.4, -0.2) is 28.2 Å². The first-order valence-corrected chi connectivity index (χ1v) is 8.21. The molecule has 0 saturated heterocycles. The second-order valence-corrected chi connectivity index (χ2v) is 6.10. The highest BCUT2D eigenvalue weighted by Gasteiger charge is 2.19. The summed E-state index contributed by atoms with van der Waals surface area (Å²) in [6.07, 6.45) is 0.556. The van der Waals surface area contributed by atoms with Gasteiger partial charge in [0.25, 0.3) is 0 Å². The quantitative estimate of drug-likeness (QED) is 0.909.